The highest BCUT2D eigenvalue weighted by molar-refractivity contribution is 14.1. The van der Waals surface area contributed by atoms with Gasteiger partial charge in [-0.2, -0.15) is 0 Å². The zero-order valence-corrected chi connectivity index (χ0v) is 11.6. The number of hydrogen-bond donors (Lipinski definition) is 2. The van der Waals surface area contributed by atoms with Crippen LogP contribution in [0.15, 0.2) is 11.4 Å². The third-order valence-corrected chi connectivity index (χ3v) is 4.43. The quantitative estimate of drug-likeness (QED) is 0.765. The fraction of sp³-hybridized carbons (Fsp3) is 0.400. The smallest absolute Gasteiger partial charge is 0.326 e. The number of rotatable bonds is 2. The summed E-state index contributed by atoms with van der Waals surface area (Å²) in [5.41, 5.74) is 0.486. The Hall–Kier alpha value is -0.670. The first-order valence-corrected chi connectivity index (χ1v) is 6.90. The summed E-state index contributed by atoms with van der Waals surface area (Å²) in [6.45, 7) is 0.0855. The Labute approximate surface area is 115 Å². The maximum absolute atomic E-state index is 12.1. The molecule has 2 N–H and O–H groups in total. The van der Waals surface area contributed by atoms with Gasteiger partial charge in [0.05, 0.1) is 14.6 Å². The lowest BCUT2D eigenvalue weighted by atomic mass is 10.2. The number of nitrogens with zero attached hydrogens (tertiary/aromatic N) is 1. The summed E-state index contributed by atoms with van der Waals surface area (Å²) in [4.78, 5) is 24.3. The first-order chi connectivity index (χ1) is 7.99. The second-order valence-electron chi connectivity index (χ2n) is 3.84. The van der Waals surface area contributed by atoms with Gasteiger partial charge >= 0.3 is 5.97 Å². The number of thiophene rings is 1. The van der Waals surface area contributed by atoms with Crippen molar-refractivity contribution in [3.63, 3.8) is 0 Å². The molecule has 2 rings (SSSR count). The SMILES string of the molecule is O=C(O)[C@@H]1C[C@H](O)CN1C(=O)c1csc(I)c1. The minimum Gasteiger partial charge on any atom is -0.480 e. The van der Waals surface area contributed by atoms with Crippen molar-refractivity contribution in [2.75, 3.05) is 6.54 Å². The van der Waals surface area contributed by atoms with Gasteiger partial charge in [-0.05, 0) is 28.7 Å². The zero-order chi connectivity index (χ0) is 12.6. The van der Waals surface area contributed by atoms with E-state index in [-0.39, 0.29) is 18.9 Å². The number of hydrogen-bond acceptors (Lipinski definition) is 4. The molecule has 2 atom stereocenters. The predicted molar refractivity (Wildman–Crippen MR) is 70.1 cm³/mol. The molecule has 0 saturated carbocycles. The molecule has 2 heterocycles. The second kappa shape index (κ2) is 4.91. The molecule has 1 amide bonds. The van der Waals surface area contributed by atoms with E-state index in [2.05, 4.69) is 22.6 Å². The lowest BCUT2D eigenvalue weighted by Gasteiger charge is -2.20. The number of aliphatic hydroxyl groups excluding tert-OH is 1. The molecule has 0 aromatic carbocycles. The van der Waals surface area contributed by atoms with Gasteiger partial charge in [-0.3, -0.25) is 4.79 Å². The Morgan fingerprint density at radius 1 is 1.53 bits per heavy atom. The van der Waals surface area contributed by atoms with Crippen molar-refractivity contribution in [3.8, 4) is 0 Å². The molecule has 0 bridgehead atoms. The molecule has 5 nitrogen and oxygen atoms in total. The summed E-state index contributed by atoms with van der Waals surface area (Å²) in [7, 11) is 0. The first-order valence-electron chi connectivity index (χ1n) is 4.95. The van der Waals surface area contributed by atoms with Crippen LogP contribution in [0.25, 0.3) is 0 Å². The molecule has 1 fully saturated rings. The van der Waals surface area contributed by atoms with E-state index in [0.717, 1.165) is 2.88 Å². The van der Waals surface area contributed by atoms with Crippen LogP contribution in [0.2, 0.25) is 0 Å². The molecule has 7 heteroatoms. The fourth-order valence-electron chi connectivity index (χ4n) is 1.86. The lowest BCUT2D eigenvalue weighted by molar-refractivity contribution is -0.141. The normalized spacial score (nSPS) is 24.0. The van der Waals surface area contributed by atoms with E-state index in [1.807, 2.05) is 0 Å². The van der Waals surface area contributed by atoms with Gasteiger partial charge in [0.1, 0.15) is 6.04 Å². The number of carbonyl (C=O) groups is 2. The van der Waals surface area contributed by atoms with Crippen molar-refractivity contribution >= 4 is 45.8 Å². The van der Waals surface area contributed by atoms with Gasteiger partial charge in [0.2, 0.25) is 0 Å². The highest BCUT2D eigenvalue weighted by Gasteiger charge is 2.39. The van der Waals surface area contributed by atoms with Crippen LogP contribution in [0, 0.1) is 2.88 Å². The Kier molecular flexibility index (Phi) is 3.69. The Balaban J connectivity index is 2.21. The van der Waals surface area contributed by atoms with Gasteiger partial charge in [0, 0.05) is 18.3 Å². The first kappa shape index (κ1) is 12.8. The molecule has 0 spiro atoms. The van der Waals surface area contributed by atoms with Crippen LogP contribution in [0.4, 0.5) is 0 Å². The minimum absolute atomic E-state index is 0.0855. The van der Waals surface area contributed by atoms with Gasteiger partial charge in [-0.25, -0.2) is 4.79 Å². The summed E-state index contributed by atoms with van der Waals surface area (Å²) >= 11 is 3.53. The van der Waals surface area contributed by atoms with Crippen molar-refractivity contribution in [1.82, 2.24) is 4.90 Å². The molecule has 1 aromatic heterocycles. The van der Waals surface area contributed by atoms with E-state index in [1.54, 1.807) is 11.4 Å². The number of β-amino-alcohol motifs (C(OH)–C–C–N with tert-alkyl or cyclic N) is 1. The highest BCUT2D eigenvalue weighted by Crippen LogP contribution is 2.24. The molecule has 1 aliphatic heterocycles. The number of aliphatic carboxylic acids is 1. The van der Waals surface area contributed by atoms with Crippen LogP contribution in [-0.2, 0) is 4.79 Å². The summed E-state index contributed by atoms with van der Waals surface area (Å²) in [6.07, 6.45) is -0.653. The van der Waals surface area contributed by atoms with Crippen LogP contribution in [0.5, 0.6) is 0 Å². The van der Waals surface area contributed by atoms with Crippen molar-refractivity contribution < 1.29 is 19.8 Å². The maximum Gasteiger partial charge on any atom is 0.326 e. The van der Waals surface area contributed by atoms with Crippen molar-refractivity contribution in [2.24, 2.45) is 0 Å². The van der Waals surface area contributed by atoms with E-state index < -0.39 is 18.1 Å². The summed E-state index contributed by atoms with van der Waals surface area (Å²) in [6, 6.07) is 0.798. The number of carbonyl (C=O) groups excluding carboxylic acids is 1. The van der Waals surface area contributed by atoms with Crippen LogP contribution in [0.3, 0.4) is 0 Å². The molecule has 92 valence electrons. The molecule has 0 radical (unpaired) electrons. The molecular weight excluding hydrogens is 357 g/mol. The largest absolute Gasteiger partial charge is 0.480 e. The number of amides is 1. The van der Waals surface area contributed by atoms with E-state index in [4.69, 9.17) is 5.11 Å². The van der Waals surface area contributed by atoms with Gasteiger partial charge < -0.3 is 15.1 Å². The number of likely N-dealkylation sites (tertiary alicyclic amines) is 1. The molecule has 0 unspecified atom stereocenters. The topological polar surface area (TPSA) is 77.8 Å². The van der Waals surface area contributed by atoms with E-state index in [1.165, 1.54) is 16.2 Å². The monoisotopic (exact) mass is 367 g/mol. The summed E-state index contributed by atoms with van der Waals surface area (Å²) in [5, 5.41) is 20.2. The molecular formula is C10H10INO4S. The van der Waals surface area contributed by atoms with E-state index in [0.29, 0.717) is 5.56 Å². The molecule has 1 aliphatic rings. The van der Waals surface area contributed by atoms with Crippen molar-refractivity contribution in [2.45, 2.75) is 18.6 Å². The minimum atomic E-state index is -1.07. The van der Waals surface area contributed by atoms with E-state index >= 15 is 0 Å². The number of halogens is 1. The lowest BCUT2D eigenvalue weighted by Crippen LogP contribution is -2.40. The maximum atomic E-state index is 12.1. The van der Waals surface area contributed by atoms with E-state index in [9.17, 15) is 14.7 Å². The second-order valence-corrected chi connectivity index (χ2v) is 6.65. The van der Waals surface area contributed by atoms with Gasteiger partial charge in [0.25, 0.3) is 5.91 Å². The summed E-state index contributed by atoms with van der Waals surface area (Å²) < 4.78 is 0.970. The summed E-state index contributed by atoms with van der Waals surface area (Å²) in [5.74, 6) is -1.40. The van der Waals surface area contributed by atoms with Crippen LogP contribution in [0.1, 0.15) is 16.8 Å². The van der Waals surface area contributed by atoms with Crippen LogP contribution >= 0.6 is 33.9 Å². The van der Waals surface area contributed by atoms with Crippen molar-refractivity contribution in [3.05, 3.63) is 19.9 Å². The highest BCUT2D eigenvalue weighted by atomic mass is 127. The Morgan fingerprint density at radius 3 is 2.76 bits per heavy atom. The Bertz CT molecular complexity index is 461. The number of carboxylic acid groups (broad SMARTS) is 1. The third-order valence-electron chi connectivity index (χ3n) is 2.64. The van der Waals surface area contributed by atoms with Gasteiger partial charge in [-0.1, -0.05) is 0 Å². The average Bonchev–Trinajstić information content (AvgIpc) is 2.83. The van der Waals surface area contributed by atoms with Gasteiger partial charge in [-0.15, -0.1) is 11.3 Å². The van der Waals surface area contributed by atoms with Gasteiger partial charge in [0.15, 0.2) is 0 Å². The fourth-order valence-corrected chi connectivity index (χ4v) is 3.18. The van der Waals surface area contributed by atoms with Crippen LogP contribution < -0.4 is 0 Å². The molecule has 1 aromatic rings. The van der Waals surface area contributed by atoms with Crippen molar-refractivity contribution in [1.29, 1.82) is 0 Å². The predicted octanol–water partition coefficient (Wildman–Crippen LogP) is 1.01. The molecule has 17 heavy (non-hydrogen) atoms. The zero-order valence-electron chi connectivity index (χ0n) is 8.67. The molecule has 1 saturated heterocycles. The number of aliphatic hydroxyl groups is 1. The van der Waals surface area contributed by atoms with Crippen LogP contribution in [-0.4, -0.2) is 45.7 Å². The standard InChI is InChI=1S/C10H10INO4S/c11-8-1-5(4-17-8)9(14)12-3-6(13)2-7(12)10(15)16/h1,4,6-7,13H,2-3H2,(H,15,16)/t6-,7-/m0/s1. The average molecular weight is 367 g/mol. The third kappa shape index (κ3) is 2.61. The number of carboxylic acids is 1. The molecule has 0 aliphatic carbocycles. The Morgan fingerprint density at radius 2 is 2.24 bits per heavy atom.